The fourth-order valence-corrected chi connectivity index (χ4v) is 6.33. The normalized spacial score (nSPS) is 19.7. The number of amides is 1. The zero-order chi connectivity index (χ0) is 27.1. The summed E-state index contributed by atoms with van der Waals surface area (Å²) >= 11 is 0. The second-order valence-corrected chi connectivity index (χ2v) is 11.8. The van der Waals surface area contributed by atoms with E-state index in [1.165, 1.54) is 5.56 Å². The number of aromatic nitrogens is 3. The number of pyridine rings is 1. The first-order valence-electron chi connectivity index (χ1n) is 13.7. The molecule has 7 heteroatoms. The van der Waals surface area contributed by atoms with Gasteiger partial charge >= 0.3 is 0 Å². The summed E-state index contributed by atoms with van der Waals surface area (Å²) in [6, 6.07) is 10.4. The third kappa shape index (κ3) is 4.74. The summed E-state index contributed by atoms with van der Waals surface area (Å²) in [7, 11) is 2.08. The van der Waals surface area contributed by atoms with Crippen molar-refractivity contribution in [3.05, 3.63) is 77.4 Å². The summed E-state index contributed by atoms with van der Waals surface area (Å²) in [6.45, 7) is 11.3. The lowest BCUT2D eigenvalue weighted by Crippen LogP contribution is -2.63. The Morgan fingerprint density at radius 3 is 2.21 bits per heavy atom. The Bertz CT molecular complexity index is 1280. The van der Waals surface area contributed by atoms with E-state index in [1.807, 2.05) is 23.4 Å². The summed E-state index contributed by atoms with van der Waals surface area (Å²) < 4.78 is 0. The molecular weight excluding hydrogens is 474 g/mol. The third-order valence-electron chi connectivity index (χ3n) is 8.60. The average molecular weight is 514 g/mol. The molecule has 0 bridgehead atoms. The SMILES string of the molecule is CC(=O)N1CCC(c2cnc(-c3cncc([C@@](O)(c4ccc(C(C)C)cc4)C4(C)CN(C)C4)c3)nc2)CC1. The summed E-state index contributed by atoms with van der Waals surface area (Å²) in [5, 5.41) is 12.5. The highest BCUT2D eigenvalue weighted by atomic mass is 16.3. The lowest BCUT2D eigenvalue weighted by Gasteiger charge is -2.55. The molecule has 0 aliphatic carbocycles. The number of piperidine rings is 1. The first-order chi connectivity index (χ1) is 18.1. The van der Waals surface area contributed by atoms with Gasteiger partial charge in [-0.3, -0.25) is 9.78 Å². The van der Waals surface area contributed by atoms with Crippen LogP contribution in [0.2, 0.25) is 0 Å². The molecule has 7 nitrogen and oxygen atoms in total. The van der Waals surface area contributed by atoms with E-state index >= 15 is 0 Å². The molecule has 2 aliphatic rings. The van der Waals surface area contributed by atoms with Crippen LogP contribution in [0.1, 0.15) is 74.6 Å². The fraction of sp³-hybridized carbons (Fsp3) is 0.484. The maximum absolute atomic E-state index is 12.5. The first-order valence-corrected chi connectivity index (χ1v) is 13.7. The highest BCUT2D eigenvalue weighted by Gasteiger charge is 2.55. The molecule has 0 unspecified atom stereocenters. The quantitative estimate of drug-likeness (QED) is 0.520. The molecule has 5 rings (SSSR count). The van der Waals surface area contributed by atoms with Crippen molar-refractivity contribution in [1.29, 1.82) is 0 Å². The molecule has 0 radical (unpaired) electrons. The lowest BCUT2D eigenvalue weighted by molar-refractivity contribution is -0.129. The number of hydrogen-bond donors (Lipinski definition) is 1. The van der Waals surface area contributed by atoms with E-state index in [0.29, 0.717) is 17.7 Å². The van der Waals surface area contributed by atoms with E-state index in [4.69, 9.17) is 9.97 Å². The molecule has 0 spiro atoms. The topological polar surface area (TPSA) is 82.5 Å². The highest BCUT2D eigenvalue weighted by molar-refractivity contribution is 5.73. The number of carbonyl (C=O) groups excluding carboxylic acids is 1. The number of benzene rings is 1. The van der Waals surface area contributed by atoms with Crippen molar-refractivity contribution in [2.75, 3.05) is 33.2 Å². The standard InChI is InChI=1S/C31H39N5O2/c1-21(2)23-6-8-27(9-7-23)31(38,30(4)19-35(5)20-30)28-14-25(15-32-18-28)29-33-16-26(17-34-29)24-10-12-36(13-11-24)22(3)37/h6-9,14-18,21,24,38H,10-13,19-20H2,1-5H3/t31-/m0/s1. The van der Waals surface area contributed by atoms with Crippen LogP contribution in [-0.4, -0.2) is 69.0 Å². The predicted octanol–water partition coefficient (Wildman–Crippen LogP) is 4.58. The molecule has 2 aromatic heterocycles. The van der Waals surface area contributed by atoms with Gasteiger partial charge in [-0.05, 0) is 54.5 Å². The molecule has 1 aromatic carbocycles. The molecule has 4 heterocycles. The average Bonchev–Trinajstić information content (AvgIpc) is 2.92. The highest BCUT2D eigenvalue weighted by Crippen LogP contribution is 2.50. The van der Waals surface area contributed by atoms with Crippen molar-refractivity contribution in [2.24, 2.45) is 5.41 Å². The summed E-state index contributed by atoms with van der Waals surface area (Å²) in [5.41, 5.74) is 3.21. The molecule has 2 saturated heterocycles. The number of hydrogen-bond acceptors (Lipinski definition) is 6. The monoisotopic (exact) mass is 513 g/mol. The van der Waals surface area contributed by atoms with Crippen molar-refractivity contribution >= 4 is 5.91 Å². The van der Waals surface area contributed by atoms with Gasteiger partial charge in [0.05, 0.1) is 0 Å². The van der Waals surface area contributed by atoms with Gasteiger partial charge in [0.15, 0.2) is 5.82 Å². The van der Waals surface area contributed by atoms with Gasteiger partial charge in [0.25, 0.3) is 0 Å². The third-order valence-corrected chi connectivity index (χ3v) is 8.60. The molecule has 0 saturated carbocycles. The van der Waals surface area contributed by atoms with Gasteiger partial charge in [-0.25, -0.2) is 9.97 Å². The van der Waals surface area contributed by atoms with Crippen LogP contribution in [0.3, 0.4) is 0 Å². The molecule has 1 amide bonds. The van der Waals surface area contributed by atoms with Gasteiger partial charge in [-0.15, -0.1) is 0 Å². The van der Waals surface area contributed by atoms with Gasteiger partial charge in [0, 0.05) is 74.4 Å². The number of nitrogens with zero attached hydrogens (tertiary/aromatic N) is 5. The second-order valence-electron chi connectivity index (χ2n) is 11.8. The van der Waals surface area contributed by atoms with Gasteiger partial charge in [-0.1, -0.05) is 45.0 Å². The molecule has 1 atom stereocenters. The maximum Gasteiger partial charge on any atom is 0.219 e. The molecule has 2 fully saturated rings. The van der Waals surface area contributed by atoms with Crippen molar-refractivity contribution in [3.8, 4) is 11.4 Å². The second kappa shape index (κ2) is 10.2. The number of likely N-dealkylation sites (tertiary alicyclic amines) is 2. The van der Waals surface area contributed by atoms with Crippen molar-refractivity contribution in [3.63, 3.8) is 0 Å². The van der Waals surface area contributed by atoms with Crippen molar-refractivity contribution in [1.82, 2.24) is 24.8 Å². The van der Waals surface area contributed by atoms with Gasteiger partial charge in [-0.2, -0.15) is 0 Å². The predicted molar refractivity (Wildman–Crippen MR) is 149 cm³/mol. The van der Waals surface area contributed by atoms with E-state index in [1.54, 1.807) is 19.3 Å². The first kappa shape index (κ1) is 26.4. The summed E-state index contributed by atoms with van der Waals surface area (Å²) in [6.07, 6.45) is 9.20. The van der Waals surface area contributed by atoms with Crippen LogP contribution in [-0.2, 0) is 10.4 Å². The van der Waals surface area contributed by atoms with Crippen LogP contribution in [0.5, 0.6) is 0 Å². The molecule has 200 valence electrons. The van der Waals surface area contributed by atoms with Crippen molar-refractivity contribution in [2.45, 2.75) is 58.0 Å². The van der Waals surface area contributed by atoms with E-state index in [-0.39, 0.29) is 11.3 Å². The van der Waals surface area contributed by atoms with E-state index in [9.17, 15) is 9.90 Å². The molecule has 38 heavy (non-hydrogen) atoms. The van der Waals surface area contributed by atoms with Crippen molar-refractivity contribution < 1.29 is 9.90 Å². The summed E-state index contributed by atoms with van der Waals surface area (Å²) in [4.78, 5) is 29.7. The Morgan fingerprint density at radius 2 is 1.66 bits per heavy atom. The Balaban J connectivity index is 1.44. The largest absolute Gasteiger partial charge is 0.380 e. The van der Waals surface area contributed by atoms with Crippen LogP contribution >= 0.6 is 0 Å². The maximum atomic E-state index is 12.5. The lowest BCUT2D eigenvalue weighted by atomic mass is 9.62. The Kier molecular flexibility index (Phi) is 7.09. The van der Waals surface area contributed by atoms with E-state index in [2.05, 4.69) is 62.0 Å². The number of rotatable bonds is 6. The van der Waals surface area contributed by atoms with Crippen LogP contribution in [0, 0.1) is 5.41 Å². The molecule has 2 aliphatic heterocycles. The minimum Gasteiger partial charge on any atom is -0.380 e. The Morgan fingerprint density at radius 1 is 1.03 bits per heavy atom. The molecule has 1 N–H and O–H groups in total. The zero-order valence-electron chi connectivity index (χ0n) is 23.2. The number of carbonyl (C=O) groups is 1. The molecular formula is C31H39N5O2. The summed E-state index contributed by atoms with van der Waals surface area (Å²) in [5.74, 6) is 1.52. The van der Waals surface area contributed by atoms with Gasteiger partial charge in [0.1, 0.15) is 5.60 Å². The van der Waals surface area contributed by atoms with Crippen LogP contribution in [0.15, 0.2) is 55.1 Å². The minimum absolute atomic E-state index is 0.139. The van der Waals surface area contributed by atoms with Gasteiger partial charge in [0.2, 0.25) is 5.91 Å². The minimum atomic E-state index is -1.21. The van der Waals surface area contributed by atoms with Crippen LogP contribution < -0.4 is 0 Å². The van der Waals surface area contributed by atoms with E-state index in [0.717, 1.165) is 61.3 Å². The molecule has 3 aromatic rings. The van der Waals surface area contributed by atoms with Crippen LogP contribution in [0.25, 0.3) is 11.4 Å². The number of aliphatic hydroxyl groups is 1. The Labute approximate surface area is 226 Å². The smallest absolute Gasteiger partial charge is 0.219 e. The van der Waals surface area contributed by atoms with Gasteiger partial charge < -0.3 is 14.9 Å². The van der Waals surface area contributed by atoms with Crippen LogP contribution in [0.4, 0.5) is 0 Å². The fourth-order valence-electron chi connectivity index (χ4n) is 6.33. The Hall–Kier alpha value is -3.16. The van der Waals surface area contributed by atoms with E-state index < -0.39 is 5.60 Å². The zero-order valence-corrected chi connectivity index (χ0v) is 23.2.